The van der Waals surface area contributed by atoms with E-state index >= 15 is 0 Å². The van der Waals surface area contributed by atoms with E-state index in [2.05, 4.69) is 33.5 Å². The van der Waals surface area contributed by atoms with Gasteiger partial charge in [0.15, 0.2) is 8.32 Å². The third-order valence-corrected chi connectivity index (χ3v) is 11.0. The molecule has 5 saturated carbocycles. The summed E-state index contributed by atoms with van der Waals surface area (Å²) in [7, 11) is -1.49. The molecule has 3 heteroatoms. The summed E-state index contributed by atoms with van der Waals surface area (Å²) in [5.74, 6) is 3.26. The van der Waals surface area contributed by atoms with Crippen LogP contribution in [0.2, 0.25) is 19.6 Å². The van der Waals surface area contributed by atoms with Crippen molar-refractivity contribution in [2.24, 2.45) is 39.9 Å². The highest BCUT2D eigenvalue weighted by molar-refractivity contribution is 6.69. The zero-order valence-electron chi connectivity index (χ0n) is 17.0. The van der Waals surface area contributed by atoms with E-state index in [1.807, 2.05) is 0 Å². The fourth-order valence-corrected chi connectivity index (χ4v) is 10.1. The fourth-order valence-electron chi connectivity index (χ4n) is 8.88. The summed E-state index contributed by atoms with van der Waals surface area (Å²) in [5.41, 5.74) is 1.12. The number of rotatable bonds is 2. The molecule has 0 aromatic heterocycles. The largest absolute Gasteiger partial charge is 0.414 e. The topological polar surface area (TPSA) is 29.5 Å². The number of hydrogen-bond acceptors (Lipinski definition) is 2. The quantitative estimate of drug-likeness (QED) is 0.682. The first-order valence-corrected chi connectivity index (χ1v) is 14.4. The standard InChI is InChI=1S/C22H38O2Si/c1-20-10-9-17-15(16(20)6-7-19(20)24-25(3,4)5)12-18(23)22-13-14(22)8-11-21(17,22)2/h14-19,23H,6-13H2,1-5H3/t14?,15-,16-,17-,18?,19-,20-,21+,22?/m0/s1. The molecule has 3 unspecified atom stereocenters. The summed E-state index contributed by atoms with van der Waals surface area (Å²) >= 11 is 0. The lowest BCUT2D eigenvalue weighted by molar-refractivity contribution is -0.154. The second-order valence-corrected chi connectivity index (χ2v) is 16.3. The molecule has 0 bridgehead atoms. The molecule has 25 heavy (non-hydrogen) atoms. The minimum Gasteiger partial charge on any atom is -0.414 e. The highest BCUT2D eigenvalue weighted by Crippen LogP contribution is 2.81. The van der Waals surface area contributed by atoms with Crippen LogP contribution in [0.4, 0.5) is 0 Å². The molecule has 0 radical (unpaired) electrons. The van der Waals surface area contributed by atoms with Crippen molar-refractivity contribution in [2.75, 3.05) is 0 Å². The first kappa shape index (κ1) is 17.2. The van der Waals surface area contributed by atoms with Crippen molar-refractivity contribution in [3.05, 3.63) is 0 Å². The van der Waals surface area contributed by atoms with Gasteiger partial charge < -0.3 is 9.53 Å². The Hall–Kier alpha value is 0.137. The molecule has 5 aliphatic rings. The van der Waals surface area contributed by atoms with Crippen molar-refractivity contribution in [1.29, 1.82) is 0 Å². The lowest BCUT2D eigenvalue weighted by atomic mass is 9.46. The van der Waals surface area contributed by atoms with Crippen LogP contribution >= 0.6 is 0 Å². The number of aliphatic hydroxyl groups excluding tert-OH is 1. The van der Waals surface area contributed by atoms with Gasteiger partial charge in [-0.15, -0.1) is 0 Å². The van der Waals surface area contributed by atoms with E-state index in [0.717, 1.165) is 30.1 Å². The second-order valence-electron chi connectivity index (χ2n) is 11.9. The molecule has 0 aliphatic heterocycles. The maximum Gasteiger partial charge on any atom is 0.184 e. The molecule has 5 fully saturated rings. The van der Waals surface area contributed by atoms with Gasteiger partial charge >= 0.3 is 0 Å². The monoisotopic (exact) mass is 362 g/mol. The number of aliphatic hydroxyl groups is 1. The molecule has 9 atom stereocenters. The van der Waals surface area contributed by atoms with Gasteiger partial charge in [-0.05, 0) is 106 Å². The van der Waals surface area contributed by atoms with Crippen LogP contribution in [0.5, 0.6) is 0 Å². The molecule has 0 amide bonds. The highest BCUT2D eigenvalue weighted by Gasteiger charge is 2.77. The maximum atomic E-state index is 11.2. The van der Waals surface area contributed by atoms with Gasteiger partial charge in [-0.25, -0.2) is 0 Å². The van der Waals surface area contributed by atoms with Gasteiger partial charge in [-0.1, -0.05) is 13.8 Å². The van der Waals surface area contributed by atoms with Crippen LogP contribution in [-0.2, 0) is 4.43 Å². The average molecular weight is 363 g/mol. The summed E-state index contributed by atoms with van der Waals surface area (Å²) < 4.78 is 6.69. The molecule has 5 aliphatic carbocycles. The van der Waals surface area contributed by atoms with Crippen molar-refractivity contribution in [3.8, 4) is 0 Å². The van der Waals surface area contributed by atoms with Gasteiger partial charge in [0.2, 0.25) is 0 Å². The molecule has 0 aromatic carbocycles. The van der Waals surface area contributed by atoms with E-state index in [0.29, 0.717) is 22.3 Å². The first-order valence-electron chi connectivity index (χ1n) is 11.0. The highest BCUT2D eigenvalue weighted by atomic mass is 28.4. The Bertz CT molecular complexity index is 585. The molecule has 1 spiro atoms. The Morgan fingerprint density at radius 3 is 2.40 bits per heavy atom. The summed E-state index contributed by atoms with van der Waals surface area (Å²) in [6.45, 7) is 12.1. The van der Waals surface area contributed by atoms with Crippen LogP contribution in [0.25, 0.3) is 0 Å². The summed E-state index contributed by atoms with van der Waals surface area (Å²) in [6, 6.07) is 0. The van der Waals surface area contributed by atoms with E-state index in [1.54, 1.807) is 0 Å². The summed E-state index contributed by atoms with van der Waals surface area (Å²) in [6.07, 6.45) is 11.0. The summed E-state index contributed by atoms with van der Waals surface area (Å²) in [5, 5.41) is 11.2. The van der Waals surface area contributed by atoms with Gasteiger partial charge in [0.05, 0.1) is 12.2 Å². The minimum absolute atomic E-state index is 0.0226. The van der Waals surface area contributed by atoms with Crippen molar-refractivity contribution >= 4 is 8.32 Å². The van der Waals surface area contributed by atoms with Crippen LogP contribution in [-0.4, -0.2) is 25.6 Å². The van der Waals surface area contributed by atoms with Gasteiger partial charge in [0, 0.05) is 5.41 Å². The Morgan fingerprint density at radius 2 is 1.72 bits per heavy atom. The van der Waals surface area contributed by atoms with E-state index in [1.165, 1.54) is 44.9 Å². The van der Waals surface area contributed by atoms with Gasteiger partial charge in [0.1, 0.15) is 0 Å². The maximum absolute atomic E-state index is 11.2. The van der Waals surface area contributed by atoms with Crippen LogP contribution in [0.3, 0.4) is 0 Å². The van der Waals surface area contributed by atoms with Gasteiger partial charge in [-0.2, -0.15) is 0 Å². The molecular weight excluding hydrogens is 324 g/mol. The lowest BCUT2D eigenvalue weighted by Gasteiger charge is -2.60. The number of fused-ring (bicyclic) bond motifs is 4. The van der Waals surface area contributed by atoms with E-state index in [9.17, 15) is 5.11 Å². The van der Waals surface area contributed by atoms with Crippen LogP contribution in [0.15, 0.2) is 0 Å². The van der Waals surface area contributed by atoms with Crippen molar-refractivity contribution in [3.63, 3.8) is 0 Å². The predicted molar refractivity (Wildman–Crippen MR) is 104 cm³/mol. The van der Waals surface area contributed by atoms with Crippen LogP contribution in [0.1, 0.15) is 65.2 Å². The Morgan fingerprint density at radius 1 is 0.960 bits per heavy atom. The molecular formula is C22H38O2Si. The zero-order valence-corrected chi connectivity index (χ0v) is 18.0. The lowest BCUT2D eigenvalue weighted by Crippen LogP contribution is -2.57. The Balaban J connectivity index is 1.45. The van der Waals surface area contributed by atoms with Crippen molar-refractivity contribution in [2.45, 2.75) is 97.1 Å². The Labute approximate surface area is 155 Å². The second kappa shape index (κ2) is 4.94. The van der Waals surface area contributed by atoms with Crippen molar-refractivity contribution < 1.29 is 9.53 Å². The third-order valence-electron chi connectivity index (χ3n) is 9.98. The molecule has 2 nitrogen and oxygen atoms in total. The SMILES string of the molecule is C[C@]12CC[C@H]3[C@@H](CC(O)C45CC4CC[C@]35C)[C@@H]1CC[C@@H]2O[Si](C)(C)C. The molecule has 0 aromatic rings. The van der Waals surface area contributed by atoms with E-state index in [-0.39, 0.29) is 6.10 Å². The molecule has 1 N–H and O–H groups in total. The van der Waals surface area contributed by atoms with Crippen molar-refractivity contribution in [1.82, 2.24) is 0 Å². The smallest absolute Gasteiger partial charge is 0.184 e. The first-order chi connectivity index (χ1) is 11.6. The normalized spacial score (nSPS) is 59.8. The van der Waals surface area contributed by atoms with Crippen LogP contribution < -0.4 is 0 Å². The molecule has 0 saturated heterocycles. The molecule has 142 valence electrons. The predicted octanol–water partition coefficient (Wildman–Crippen LogP) is 5.22. The zero-order chi connectivity index (χ0) is 17.8. The molecule has 0 heterocycles. The van der Waals surface area contributed by atoms with E-state index < -0.39 is 8.32 Å². The Kier molecular flexibility index (Phi) is 3.41. The van der Waals surface area contributed by atoms with E-state index in [4.69, 9.17) is 4.43 Å². The average Bonchev–Trinajstić information content (AvgIpc) is 3.06. The molecule has 5 rings (SSSR count). The summed E-state index contributed by atoms with van der Waals surface area (Å²) in [4.78, 5) is 0. The minimum atomic E-state index is -1.49. The fraction of sp³-hybridized carbons (Fsp3) is 1.00. The number of hydrogen-bond donors (Lipinski definition) is 1. The van der Waals surface area contributed by atoms with Crippen LogP contribution in [0, 0.1) is 39.9 Å². The van der Waals surface area contributed by atoms with Gasteiger partial charge in [-0.3, -0.25) is 0 Å². The third kappa shape index (κ3) is 2.04. The van der Waals surface area contributed by atoms with Gasteiger partial charge in [0.25, 0.3) is 0 Å².